The van der Waals surface area contributed by atoms with Crippen molar-refractivity contribution in [3.63, 3.8) is 0 Å². The van der Waals surface area contributed by atoms with Gasteiger partial charge in [0.25, 0.3) is 0 Å². The first-order valence-electron chi connectivity index (χ1n) is 8.07. The second kappa shape index (κ2) is 7.01. The highest BCUT2D eigenvalue weighted by atomic mass is 32.2. The number of thioether (sulfide) groups is 1. The van der Waals surface area contributed by atoms with E-state index >= 15 is 0 Å². The van der Waals surface area contributed by atoms with Crippen molar-refractivity contribution in [3.05, 3.63) is 22.8 Å². The summed E-state index contributed by atoms with van der Waals surface area (Å²) >= 11 is 1.87. The summed E-state index contributed by atoms with van der Waals surface area (Å²) in [5.41, 5.74) is 1.41. The van der Waals surface area contributed by atoms with Gasteiger partial charge >= 0.3 is 0 Å². The third-order valence-electron chi connectivity index (χ3n) is 4.68. The van der Waals surface area contributed by atoms with Crippen LogP contribution in [0.1, 0.15) is 38.5 Å². The molecule has 3 heterocycles. The summed E-state index contributed by atoms with van der Waals surface area (Å²) in [6.07, 6.45) is 14.9. The van der Waals surface area contributed by atoms with Gasteiger partial charge in [-0.15, -0.1) is 11.8 Å². The average Bonchev–Trinajstić information content (AvgIpc) is 2.56. The predicted molar refractivity (Wildman–Crippen MR) is 87.9 cm³/mol. The summed E-state index contributed by atoms with van der Waals surface area (Å²) in [6, 6.07) is 1.59. The first-order valence-corrected chi connectivity index (χ1v) is 9.30. The molecule has 0 aromatic heterocycles. The van der Waals surface area contributed by atoms with E-state index in [-0.39, 0.29) is 0 Å². The van der Waals surface area contributed by atoms with Crippen molar-refractivity contribution >= 4 is 11.8 Å². The zero-order valence-corrected chi connectivity index (χ0v) is 13.3. The maximum atomic E-state index is 3.80. The van der Waals surface area contributed by atoms with Crippen LogP contribution in [0, 0.1) is 0 Å². The highest BCUT2D eigenvalue weighted by Crippen LogP contribution is 2.26. The zero-order chi connectivity index (χ0) is 13.8. The summed E-state index contributed by atoms with van der Waals surface area (Å²) in [6.45, 7) is 2.33. The molecule has 0 bridgehead atoms. The Kier molecular flexibility index (Phi) is 5.08. The van der Waals surface area contributed by atoms with Crippen molar-refractivity contribution in [1.82, 2.24) is 16.0 Å². The molecule has 3 atom stereocenters. The average molecular weight is 293 g/mol. The van der Waals surface area contributed by atoms with Crippen LogP contribution in [0.25, 0.3) is 0 Å². The molecule has 0 aromatic rings. The predicted octanol–water partition coefficient (Wildman–Crippen LogP) is 2.37. The molecule has 20 heavy (non-hydrogen) atoms. The minimum atomic E-state index is 0.460. The van der Waals surface area contributed by atoms with Crippen molar-refractivity contribution in [2.24, 2.45) is 0 Å². The number of piperidine rings is 2. The molecular weight excluding hydrogens is 266 g/mol. The third-order valence-corrected chi connectivity index (χ3v) is 5.40. The summed E-state index contributed by atoms with van der Waals surface area (Å²) in [4.78, 5) is 1.42. The van der Waals surface area contributed by atoms with Crippen LogP contribution in [0.2, 0.25) is 0 Å². The van der Waals surface area contributed by atoms with Crippen LogP contribution in [-0.4, -0.2) is 37.5 Å². The fraction of sp³-hybridized carbons (Fsp3) is 0.750. The van der Waals surface area contributed by atoms with Gasteiger partial charge in [-0.3, -0.25) is 0 Å². The van der Waals surface area contributed by atoms with E-state index in [1.165, 1.54) is 55.7 Å². The van der Waals surface area contributed by atoms with Gasteiger partial charge in [-0.05, 0) is 57.2 Å². The van der Waals surface area contributed by atoms with Gasteiger partial charge in [0.1, 0.15) is 0 Å². The lowest BCUT2D eigenvalue weighted by Crippen LogP contribution is -2.52. The molecule has 4 heteroatoms. The zero-order valence-electron chi connectivity index (χ0n) is 12.5. The number of hydrogen-bond donors (Lipinski definition) is 3. The van der Waals surface area contributed by atoms with Crippen LogP contribution in [-0.2, 0) is 0 Å². The van der Waals surface area contributed by atoms with Crippen LogP contribution >= 0.6 is 11.8 Å². The quantitative estimate of drug-likeness (QED) is 0.747. The van der Waals surface area contributed by atoms with Gasteiger partial charge in [0.15, 0.2) is 0 Å². The second-order valence-corrected chi connectivity index (χ2v) is 6.98. The molecule has 0 aliphatic carbocycles. The van der Waals surface area contributed by atoms with E-state index in [0.29, 0.717) is 18.1 Å². The molecule has 3 N–H and O–H groups in total. The minimum absolute atomic E-state index is 0.460. The van der Waals surface area contributed by atoms with Crippen LogP contribution in [0.5, 0.6) is 0 Å². The topological polar surface area (TPSA) is 36.1 Å². The minimum Gasteiger partial charge on any atom is -0.379 e. The van der Waals surface area contributed by atoms with E-state index < -0.39 is 0 Å². The Hall–Kier alpha value is -0.450. The standard InChI is InChI=1S/C16H27N3S/c1-20-12-10-15(13-6-2-4-8-17-13)19-16(11-12)14-7-3-5-9-18-14/h10-11,13-15,17-19H,2-9H2,1H3. The Morgan fingerprint density at radius 2 is 1.85 bits per heavy atom. The lowest BCUT2D eigenvalue weighted by molar-refractivity contribution is 0.339. The molecule has 2 fully saturated rings. The van der Waals surface area contributed by atoms with Gasteiger partial charge in [0.05, 0.1) is 6.04 Å². The molecule has 0 amide bonds. The summed E-state index contributed by atoms with van der Waals surface area (Å²) < 4.78 is 0. The molecule has 0 radical (unpaired) electrons. The largest absolute Gasteiger partial charge is 0.379 e. The summed E-state index contributed by atoms with van der Waals surface area (Å²) in [5.74, 6) is 0. The van der Waals surface area contributed by atoms with E-state index in [1.54, 1.807) is 0 Å². The molecule has 3 unspecified atom stereocenters. The Morgan fingerprint density at radius 3 is 2.50 bits per heavy atom. The first kappa shape index (κ1) is 14.5. The Bertz CT molecular complexity index is 379. The van der Waals surface area contributed by atoms with Crippen molar-refractivity contribution in [2.75, 3.05) is 19.3 Å². The highest BCUT2D eigenvalue weighted by Gasteiger charge is 2.27. The molecule has 3 aliphatic rings. The van der Waals surface area contributed by atoms with Crippen LogP contribution in [0.4, 0.5) is 0 Å². The molecule has 2 saturated heterocycles. The molecular formula is C16H27N3S. The number of nitrogens with one attached hydrogen (secondary N) is 3. The third kappa shape index (κ3) is 3.41. The van der Waals surface area contributed by atoms with Gasteiger partial charge in [-0.25, -0.2) is 0 Å². The lowest BCUT2D eigenvalue weighted by Gasteiger charge is -2.37. The van der Waals surface area contributed by atoms with Crippen molar-refractivity contribution in [1.29, 1.82) is 0 Å². The Balaban J connectivity index is 1.71. The normalized spacial score (nSPS) is 35.0. The summed E-state index contributed by atoms with van der Waals surface area (Å²) in [5, 5.41) is 11.2. The van der Waals surface area contributed by atoms with Crippen molar-refractivity contribution < 1.29 is 0 Å². The molecule has 0 aromatic carbocycles. The maximum absolute atomic E-state index is 3.80. The number of rotatable bonds is 3. The van der Waals surface area contributed by atoms with Gasteiger partial charge in [0, 0.05) is 22.7 Å². The molecule has 3 aliphatic heterocycles. The van der Waals surface area contributed by atoms with Crippen molar-refractivity contribution in [3.8, 4) is 0 Å². The number of hydrogen-bond acceptors (Lipinski definition) is 4. The van der Waals surface area contributed by atoms with E-state index in [0.717, 1.165) is 6.54 Å². The molecule has 0 saturated carbocycles. The number of dihydropyridines is 1. The van der Waals surface area contributed by atoms with Gasteiger partial charge in [-0.1, -0.05) is 12.8 Å². The highest BCUT2D eigenvalue weighted by molar-refractivity contribution is 8.02. The fourth-order valence-corrected chi connectivity index (χ4v) is 4.03. The smallest absolute Gasteiger partial charge is 0.0609 e. The molecule has 3 nitrogen and oxygen atoms in total. The second-order valence-electron chi connectivity index (χ2n) is 6.10. The maximum Gasteiger partial charge on any atom is 0.0609 e. The van der Waals surface area contributed by atoms with E-state index in [1.807, 2.05) is 11.8 Å². The Morgan fingerprint density at radius 1 is 1.05 bits per heavy atom. The summed E-state index contributed by atoms with van der Waals surface area (Å²) in [7, 11) is 0. The van der Waals surface area contributed by atoms with E-state index in [2.05, 4.69) is 34.4 Å². The monoisotopic (exact) mass is 293 g/mol. The van der Waals surface area contributed by atoms with Crippen LogP contribution < -0.4 is 16.0 Å². The van der Waals surface area contributed by atoms with E-state index in [4.69, 9.17) is 0 Å². The SMILES string of the molecule is CSC1=CC(C2CCCCN2)NC(C2CCCCN2)=C1. The van der Waals surface area contributed by atoms with Crippen molar-refractivity contribution in [2.45, 2.75) is 56.7 Å². The van der Waals surface area contributed by atoms with Gasteiger partial charge in [0.2, 0.25) is 0 Å². The number of allylic oxidation sites excluding steroid dienone is 1. The fourth-order valence-electron chi connectivity index (χ4n) is 3.50. The molecule has 0 spiro atoms. The van der Waals surface area contributed by atoms with Gasteiger partial charge in [-0.2, -0.15) is 0 Å². The molecule has 112 valence electrons. The first-order chi connectivity index (χ1) is 9.86. The lowest BCUT2D eigenvalue weighted by atomic mass is 9.93. The molecule has 3 rings (SSSR count). The van der Waals surface area contributed by atoms with Gasteiger partial charge < -0.3 is 16.0 Å². The van der Waals surface area contributed by atoms with Crippen LogP contribution in [0.15, 0.2) is 22.8 Å². The van der Waals surface area contributed by atoms with Crippen LogP contribution in [0.3, 0.4) is 0 Å². The van der Waals surface area contributed by atoms with E-state index in [9.17, 15) is 0 Å². The Labute approximate surface area is 127 Å².